The monoisotopic (exact) mass is 694 g/mol. The number of benzene rings is 4. The summed E-state index contributed by atoms with van der Waals surface area (Å²) in [7, 11) is 0. The van der Waals surface area contributed by atoms with E-state index in [9.17, 15) is 19.8 Å². The average Bonchev–Trinajstić information content (AvgIpc) is 3.11. The minimum Gasteiger partial charge on any atom is -0.478 e. The Morgan fingerprint density at radius 1 is 0.462 bits per heavy atom. The van der Waals surface area contributed by atoms with Gasteiger partial charge in [-0.25, -0.2) is 9.59 Å². The van der Waals surface area contributed by atoms with Crippen LogP contribution in [-0.4, -0.2) is 22.2 Å². The zero-order chi connectivity index (χ0) is 35.2. The summed E-state index contributed by atoms with van der Waals surface area (Å²) in [6.45, 7) is 0. The summed E-state index contributed by atoms with van der Waals surface area (Å²) >= 11 is 0. The van der Waals surface area contributed by atoms with Crippen molar-refractivity contribution in [2.45, 2.75) is 87.9 Å². The molecular formula is C46H46O6. The first-order valence-electron chi connectivity index (χ1n) is 19.5. The highest BCUT2D eigenvalue weighted by molar-refractivity contribution is 5.88. The van der Waals surface area contributed by atoms with Crippen LogP contribution in [0.3, 0.4) is 0 Å². The fourth-order valence-electron chi connectivity index (χ4n) is 12.8. The zero-order valence-corrected chi connectivity index (χ0v) is 29.6. The molecule has 0 spiro atoms. The van der Waals surface area contributed by atoms with E-state index in [-0.39, 0.29) is 22.0 Å². The summed E-state index contributed by atoms with van der Waals surface area (Å²) in [6, 6.07) is 26.9. The third kappa shape index (κ3) is 5.52. The van der Waals surface area contributed by atoms with Gasteiger partial charge in [0.15, 0.2) is 0 Å². The van der Waals surface area contributed by atoms with Gasteiger partial charge in [0, 0.05) is 11.1 Å². The van der Waals surface area contributed by atoms with Crippen molar-refractivity contribution in [3.8, 4) is 34.1 Å². The minimum atomic E-state index is -0.966. The van der Waals surface area contributed by atoms with Crippen LogP contribution in [0, 0.1) is 35.5 Å². The molecule has 8 bridgehead atoms. The lowest BCUT2D eigenvalue weighted by Crippen LogP contribution is -2.48. The second kappa shape index (κ2) is 12.0. The number of carboxylic acids is 2. The van der Waals surface area contributed by atoms with Crippen molar-refractivity contribution < 1.29 is 29.3 Å². The van der Waals surface area contributed by atoms with Crippen LogP contribution < -0.4 is 9.47 Å². The van der Waals surface area contributed by atoms with Crippen LogP contribution >= 0.6 is 0 Å². The van der Waals surface area contributed by atoms with Gasteiger partial charge >= 0.3 is 11.9 Å². The second-order valence-electron chi connectivity index (χ2n) is 17.7. The van der Waals surface area contributed by atoms with Gasteiger partial charge in [0.2, 0.25) is 0 Å². The first-order chi connectivity index (χ1) is 25.2. The van der Waals surface area contributed by atoms with Gasteiger partial charge in [-0.2, -0.15) is 0 Å². The van der Waals surface area contributed by atoms with Gasteiger partial charge in [-0.15, -0.1) is 0 Å². The molecule has 4 aromatic rings. The lowest BCUT2D eigenvalue weighted by molar-refractivity contribution is -0.00536. The van der Waals surface area contributed by atoms with E-state index in [1.54, 1.807) is 48.5 Å². The molecule has 8 saturated carbocycles. The normalized spacial score (nSPS) is 32.2. The first kappa shape index (κ1) is 32.1. The molecule has 0 unspecified atom stereocenters. The SMILES string of the molecule is O=C(O)c1ccc(Oc2ccc(C34CC5CC(CC(C5)C3)C4)cc2-c2cc(C34CC5CC(CC(C5)C3)C4)ccc2Oc2ccc(C(=O)O)cc2)cc1. The summed E-state index contributed by atoms with van der Waals surface area (Å²) in [6.07, 6.45) is 15.8. The highest BCUT2D eigenvalue weighted by Gasteiger charge is 2.53. The summed E-state index contributed by atoms with van der Waals surface area (Å²) < 4.78 is 13.4. The van der Waals surface area contributed by atoms with E-state index in [0.717, 1.165) is 46.6 Å². The third-order valence-corrected chi connectivity index (χ3v) is 14.2. The number of rotatable bonds is 9. The predicted molar refractivity (Wildman–Crippen MR) is 199 cm³/mol. The number of hydrogen-bond acceptors (Lipinski definition) is 4. The van der Waals surface area contributed by atoms with Crippen molar-refractivity contribution in [2.75, 3.05) is 0 Å². The van der Waals surface area contributed by atoms with Crippen LogP contribution in [0.4, 0.5) is 0 Å². The molecule has 0 heterocycles. The second-order valence-corrected chi connectivity index (χ2v) is 17.7. The van der Waals surface area contributed by atoms with Gasteiger partial charge in [-0.3, -0.25) is 0 Å². The summed E-state index contributed by atoms with van der Waals surface area (Å²) in [5, 5.41) is 19.1. The molecule has 266 valence electrons. The van der Waals surface area contributed by atoms with E-state index < -0.39 is 11.9 Å². The molecule has 8 aliphatic rings. The summed E-state index contributed by atoms with van der Waals surface area (Å²) in [5.41, 5.74) is 5.56. The fraction of sp³-hybridized carbons (Fsp3) is 0.435. The van der Waals surface area contributed by atoms with E-state index in [2.05, 4.69) is 36.4 Å². The van der Waals surface area contributed by atoms with E-state index in [0.29, 0.717) is 23.0 Å². The third-order valence-electron chi connectivity index (χ3n) is 14.2. The van der Waals surface area contributed by atoms with Crippen LogP contribution in [0.15, 0.2) is 84.9 Å². The quantitative estimate of drug-likeness (QED) is 0.181. The van der Waals surface area contributed by atoms with Gasteiger partial charge in [0.25, 0.3) is 0 Å². The molecule has 4 aromatic carbocycles. The molecule has 0 atom stereocenters. The predicted octanol–water partition coefficient (Wildman–Crippen LogP) is 11.3. The van der Waals surface area contributed by atoms with Gasteiger partial charge in [-0.05, 0) is 207 Å². The van der Waals surface area contributed by atoms with E-state index in [1.807, 2.05) is 0 Å². The standard InChI is InChI=1S/C46H46O6/c47-43(48)33-1-7-37(8-2-33)51-41-11-5-35(45-21-27-13-28(22-45)15-29(14-27)23-45)19-39(41)40-20-36(46-24-30-16-31(25-46)18-32(17-30)26-46)6-12-42(40)52-38-9-3-34(4-10-38)44(49)50/h1-12,19-20,27-32H,13-18,21-26H2,(H,47,48)(H,49,50). The largest absolute Gasteiger partial charge is 0.478 e. The zero-order valence-electron chi connectivity index (χ0n) is 29.6. The Balaban J connectivity index is 1.12. The van der Waals surface area contributed by atoms with E-state index in [1.165, 1.54) is 88.2 Å². The molecule has 6 heteroatoms. The molecule has 12 rings (SSSR count). The Bertz CT molecular complexity index is 1840. The maximum atomic E-state index is 11.6. The van der Waals surface area contributed by atoms with Crippen LogP contribution in [-0.2, 0) is 10.8 Å². The molecule has 0 amide bonds. The number of carboxylic acid groups (broad SMARTS) is 2. The van der Waals surface area contributed by atoms with Crippen LogP contribution in [0.5, 0.6) is 23.0 Å². The Morgan fingerprint density at radius 3 is 1.06 bits per heavy atom. The Morgan fingerprint density at radius 2 is 0.769 bits per heavy atom. The Kier molecular flexibility index (Phi) is 7.39. The number of hydrogen-bond donors (Lipinski definition) is 2. The van der Waals surface area contributed by atoms with Crippen molar-refractivity contribution >= 4 is 11.9 Å². The number of ether oxygens (including phenoxy) is 2. The summed E-state index contributed by atoms with van der Waals surface area (Å²) in [4.78, 5) is 23.3. The van der Waals surface area contributed by atoms with Crippen LogP contribution in [0.1, 0.15) is 109 Å². The van der Waals surface area contributed by atoms with Crippen LogP contribution in [0.25, 0.3) is 11.1 Å². The van der Waals surface area contributed by atoms with Gasteiger partial charge in [0.1, 0.15) is 23.0 Å². The van der Waals surface area contributed by atoms with Gasteiger partial charge in [0.05, 0.1) is 11.1 Å². The molecule has 0 saturated heterocycles. The van der Waals surface area contributed by atoms with Crippen molar-refractivity contribution in [1.29, 1.82) is 0 Å². The molecule has 52 heavy (non-hydrogen) atoms. The fourth-order valence-corrected chi connectivity index (χ4v) is 12.8. The average molecular weight is 695 g/mol. The molecule has 0 aromatic heterocycles. The number of carbonyl (C=O) groups is 2. The Hall–Kier alpha value is -4.58. The minimum absolute atomic E-state index is 0.177. The van der Waals surface area contributed by atoms with Crippen molar-refractivity contribution in [2.24, 2.45) is 35.5 Å². The molecule has 6 nitrogen and oxygen atoms in total. The molecular weight excluding hydrogens is 649 g/mol. The first-order valence-corrected chi connectivity index (χ1v) is 19.5. The topological polar surface area (TPSA) is 93.1 Å². The van der Waals surface area contributed by atoms with E-state index >= 15 is 0 Å². The maximum Gasteiger partial charge on any atom is 0.335 e. The lowest BCUT2D eigenvalue weighted by atomic mass is 9.48. The van der Waals surface area contributed by atoms with E-state index in [4.69, 9.17) is 9.47 Å². The van der Waals surface area contributed by atoms with Gasteiger partial charge < -0.3 is 19.7 Å². The summed E-state index contributed by atoms with van der Waals surface area (Å²) in [5.74, 6) is 5.52. The van der Waals surface area contributed by atoms with Gasteiger partial charge in [-0.1, -0.05) is 12.1 Å². The Labute approximate surface area is 305 Å². The highest BCUT2D eigenvalue weighted by Crippen LogP contribution is 2.63. The molecule has 8 aliphatic carbocycles. The molecule has 0 aliphatic heterocycles. The molecule has 8 fully saturated rings. The van der Waals surface area contributed by atoms with Crippen molar-refractivity contribution in [3.63, 3.8) is 0 Å². The molecule has 0 radical (unpaired) electrons. The number of aromatic carboxylic acids is 2. The maximum absolute atomic E-state index is 11.6. The lowest BCUT2D eigenvalue weighted by Gasteiger charge is -2.57. The van der Waals surface area contributed by atoms with Crippen molar-refractivity contribution in [1.82, 2.24) is 0 Å². The highest BCUT2D eigenvalue weighted by atomic mass is 16.5. The molecule has 2 N–H and O–H groups in total. The smallest absolute Gasteiger partial charge is 0.335 e. The van der Waals surface area contributed by atoms with Crippen molar-refractivity contribution in [3.05, 3.63) is 107 Å². The van der Waals surface area contributed by atoms with Crippen LogP contribution in [0.2, 0.25) is 0 Å².